The van der Waals surface area contributed by atoms with Gasteiger partial charge in [0.25, 0.3) is 0 Å². The molecule has 0 bridgehead atoms. The molecule has 1 fully saturated rings. The van der Waals surface area contributed by atoms with Gasteiger partial charge in [-0.1, -0.05) is 79.7 Å². The molecule has 9 heteroatoms. The Morgan fingerprint density at radius 1 is 0.902 bits per heavy atom. The maximum Gasteiger partial charge on any atom is 0.231 e. The van der Waals surface area contributed by atoms with Crippen molar-refractivity contribution in [3.05, 3.63) is 131 Å². The van der Waals surface area contributed by atoms with E-state index in [4.69, 9.17) is 9.47 Å². The summed E-state index contributed by atoms with van der Waals surface area (Å²) in [5, 5.41) is 11.8. The molecule has 4 aromatic rings. The lowest BCUT2D eigenvalue weighted by Gasteiger charge is -2.31. The molecule has 1 N–H and O–H groups in total. The number of ether oxygens (including phenoxy) is 2. The van der Waals surface area contributed by atoms with E-state index < -0.39 is 22.0 Å². The monoisotopic (exact) mass is 711 g/mol. The van der Waals surface area contributed by atoms with Gasteiger partial charge in [0.15, 0.2) is 11.6 Å². The number of nitrogens with zero attached hydrogens (tertiary/aromatic N) is 1. The number of hydrogen-bond donors (Lipinski definition) is 1. The summed E-state index contributed by atoms with van der Waals surface area (Å²) in [6, 6.07) is 32.1. The standard InChI is InChI=1S/C42H49NO7S/c1-30(32-14-9-6-10-15-32)22-40(45)34-24-35(26-37(25-34)43(2)51(4,47)48)41(46)27-33(23-31-12-7-5-8-13-31)39(44)18-19-42(20-21-50-29-42)36-16-11-17-38(28-36)49-3/h5-17,24-26,28,30,33,39,44H,18-23,27,29H2,1-4H3/t30-,33+,39+,42?/m0/s1. The van der Waals surface area contributed by atoms with Gasteiger partial charge < -0.3 is 14.6 Å². The number of rotatable bonds is 17. The molecule has 4 atom stereocenters. The number of aliphatic hydroxyl groups excluding tert-OH is 1. The second-order valence-electron chi connectivity index (χ2n) is 13.9. The molecule has 0 spiro atoms. The van der Waals surface area contributed by atoms with Gasteiger partial charge in [0, 0.05) is 43.0 Å². The molecule has 0 amide bonds. The SMILES string of the molecule is COc1cccc(C2(CC[C@@H](O)[C@@H](CC(=O)c3cc(C(=O)C[C@H](C)c4ccccc4)cc(N(C)S(C)(=O)=O)c3)Cc3ccccc3)CCOC2)c1. The van der Waals surface area contributed by atoms with Crippen molar-refractivity contribution in [2.75, 3.05) is 37.9 Å². The molecule has 1 aliphatic rings. The molecule has 0 saturated carbocycles. The minimum Gasteiger partial charge on any atom is -0.497 e. The van der Waals surface area contributed by atoms with E-state index in [-0.39, 0.29) is 52.6 Å². The second-order valence-corrected chi connectivity index (χ2v) is 15.9. The first-order valence-corrected chi connectivity index (χ1v) is 19.4. The van der Waals surface area contributed by atoms with Crippen LogP contribution in [0.2, 0.25) is 0 Å². The number of sulfonamides is 1. The van der Waals surface area contributed by atoms with E-state index in [1.807, 2.05) is 85.8 Å². The number of methoxy groups -OCH3 is 1. The predicted molar refractivity (Wildman–Crippen MR) is 201 cm³/mol. The van der Waals surface area contributed by atoms with Crippen LogP contribution >= 0.6 is 0 Å². The van der Waals surface area contributed by atoms with E-state index in [1.54, 1.807) is 13.2 Å². The lowest BCUT2D eigenvalue weighted by Crippen LogP contribution is -2.32. The van der Waals surface area contributed by atoms with Crippen LogP contribution in [-0.4, -0.2) is 64.8 Å². The van der Waals surface area contributed by atoms with Crippen LogP contribution in [0.4, 0.5) is 5.69 Å². The topological polar surface area (TPSA) is 110 Å². The van der Waals surface area contributed by atoms with Gasteiger partial charge in [-0.05, 0) is 84.5 Å². The number of carbonyl (C=O) groups excluding carboxylic acids is 2. The van der Waals surface area contributed by atoms with Crippen LogP contribution in [0.15, 0.2) is 103 Å². The zero-order valence-electron chi connectivity index (χ0n) is 30.0. The van der Waals surface area contributed by atoms with Gasteiger partial charge in [0.2, 0.25) is 10.0 Å². The van der Waals surface area contributed by atoms with E-state index in [0.717, 1.165) is 39.4 Å². The van der Waals surface area contributed by atoms with Crippen LogP contribution in [0.25, 0.3) is 0 Å². The second kappa shape index (κ2) is 16.8. The zero-order valence-corrected chi connectivity index (χ0v) is 30.8. The third-order valence-electron chi connectivity index (χ3n) is 10.3. The highest BCUT2D eigenvalue weighted by Gasteiger charge is 2.38. The van der Waals surface area contributed by atoms with Crippen LogP contribution < -0.4 is 9.04 Å². The Morgan fingerprint density at radius 2 is 1.55 bits per heavy atom. The van der Waals surface area contributed by atoms with Gasteiger partial charge in [-0.15, -0.1) is 0 Å². The summed E-state index contributed by atoms with van der Waals surface area (Å²) < 4.78 is 37.6. The fourth-order valence-corrected chi connectivity index (χ4v) is 7.50. The first-order chi connectivity index (χ1) is 24.4. The van der Waals surface area contributed by atoms with E-state index in [9.17, 15) is 23.1 Å². The number of anilines is 1. The Morgan fingerprint density at radius 3 is 2.16 bits per heavy atom. The summed E-state index contributed by atoms with van der Waals surface area (Å²) in [5.74, 6) is -0.201. The van der Waals surface area contributed by atoms with Crippen molar-refractivity contribution in [3.8, 4) is 5.75 Å². The van der Waals surface area contributed by atoms with E-state index >= 15 is 0 Å². The largest absolute Gasteiger partial charge is 0.497 e. The molecule has 1 saturated heterocycles. The van der Waals surface area contributed by atoms with Crippen molar-refractivity contribution in [2.45, 2.75) is 62.9 Å². The maximum atomic E-state index is 14.2. The predicted octanol–water partition coefficient (Wildman–Crippen LogP) is 7.40. The molecule has 5 rings (SSSR count). The quantitative estimate of drug-likeness (QED) is 0.114. The number of aliphatic hydroxyl groups is 1. The number of Topliss-reactive ketones (excluding diaryl/α,β-unsaturated/α-hetero) is 2. The normalized spacial score (nSPS) is 17.7. The number of benzene rings is 4. The Labute approximate surface area is 302 Å². The first kappa shape index (κ1) is 37.9. The minimum absolute atomic E-state index is 0.0127. The van der Waals surface area contributed by atoms with Crippen molar-refractivity contribution in [1.82, 2.24) is 0 Å². The molecule has 0 aliphatic carbocycles. The molecule has 0 radical (unpaired) electrons. The van der Waals surface area contributed by atoms with E-state index in [1.165, 1.54) is 19.2 Å². The lowest BCUT2D eigenvalue weighted by atomic mass is 9.74. The van der Waals surface area contributed by atoms with Crippen molar-refractivity contribution in [2.24, 2.45) is 5.92 Å². The van der Waals surface area contributed by atoms with E-state index in [0.29, 0.717) is 32.5 Å². The molecule has 51 heavy (non-hydrogen) atoms. The highest BCUT2D eigenvalue weighted by Crippen LogP contribution is 2.40. The summed E-state index contributed by atoms with van der Waals surface area (Å²) in [7, 11) is -0.627. The molecule has 4 aromatic carbocycles. The summed E-state index contributed by atoms with van der Waals surface area (Å²) >= 11 is 0. The molecular formula is C42H49NO7S. The third kappa shape index (κ3) is 9.73. The molecule has 1 unspecified atom stereocenters. The van der Waals surface area contributed by atoms with Crippen molar-refractivity contribution >= 4 is 27.3 Å². The van der Waals surface area contributed by atoms with Crippen LogP contribution in [0.3, 0.4) is 0 Å². The van der Waals surface area contributed by atoms with Crippen LogP contribution in [0, 0.1) is 5.92 Å². The van der Waals surface area contributed by atoms with Crippen LogP contribution in [-0.2, 0) is 26.6 Å². The fraction of sp³-hybridized carbons (Fsp3) is 0.381. The van der Waals surface area contributed by atoms with Gasteiger partial charge in [0.05, 0.1) is 31.8 Å². The first-order valence-electron chi connectivity index (χ1n) is 17.5. The highest BCUT2D eigenvalue weighted by molar-refractivity contribution is 7.92. The highest BCUT2D eigenvalue weighted by atomic mass is 32.2. The average Bonchev–Trinajstić information content (AvgIpc) is 3.63. The molecule has 270 valence electrons. The van der Waals surface area contributed by atoms with Gasteiger partial charge in [-0.3, -0.25) is 13.9 Å². The van der Waals surface area contributed by atoms with E-state index in [2.05, 4.69) is 6.07 Å². The Kier molecular flexibility index (Phi) is 12.5. The van der Waals surface area contributed by atoms with Crippen molar-refractivity contribution < 1.29 is 32.6 Å². The summed E-state index contributed by atoms with van der Waals surface area (Å²) in [4.78, 5) is 27.8. The lowest BCUT2D eigenvalue weighted by molar-refractivity contribution is 0.0697. The number of carbonyl (C=O) groups is 2. The Hall–Kier alpha value is -4.31. The van der Waals surface area contributed by atoms with Gasteiger partial charge in [-0.25, -0.2) is 8.42 Å². The minimum atomic E-state index is -3.68. The van der Waals surface area contributed by atoms with Crippen molar-refractivity contribution in [1.29, 1.82) is 0 Å². The van der Waals surface area contributed by atoms with Crippen LogP contribution in [0.5, 0.6) is 5.75 Å². The summed E-state index contributed by atoms with van der Waals surface area (Å²) in [5.41, 5.74) is 3.58. The Bertz CT molecular complexity index is 1890. The summed E-state index contributed by atoms with van der Waals surface area (Å²) in [6.07, 6.45) is 2.87. The van der Waals surface area contributed by atoms with Gasteiger partial charge >= 0.3 is 0 Å². The molecule has 8 nitrogen and oxygen atoms in total. The summed E-state index contributed by atoms with van der Waals surface area (Å²) in [6.45, 7) is 3.13. The Balaban J connectivity index is 1.42. The smallest absolute Gasteiger partial charge is 0.231 e. The third-order valence-corrected chi connectivity index (χ3v) is 11.5. The zero-order chi connectivity index (χ0) is 36.6. The number of hydrogen-bond acceptors (Lipinski definition) is 7. The fourth-order valence-electron chi connectivity index (χ4n) is 7.01. The van der Waals surface area contributed by atoms with Crippen LogP contribution in [0.1, 0.15) is 82.4 Å². The molecule has 1 aliphatic heterocycles. The van der Waals surface area contributed by atoms with Gasteiger partial charge in [-0.2, -0.15) is 0 Å². The average molecular weight is 712 g/mol. The maximum absolute atomic E-state index is 14.2. The molecule has 0 aromatic heterocycles. The van der Waals surface area contributed by atoms with Gasteiger partial charge in [0.1, 0.15) is 5.75 Å². The molecular weight excluding hydrogens is 663 g/mol. The van der Waals surface area contributed by atoms with Crippen molar-refractivity contribution in [3.63, 3.8) is 0 Å². The molecule has 1 heterocycles. The number of ketones is 2.